The second kappa shape index (κ2) is 10.5. The topological polar surface area (TPSA) is 9.72 Å². The Hall–Kier alpha value is -1.13. The summed E-state index contributed by atoms with van der Waals surface area (Å²) in [5.74, 6) is 1.32. The van der Waals surface area contributed by atoms with Crippen molar-refractivity contribution >= 4 is 23.0 Å². The molecule has 0 aromatic heterocycles. The summed E-state index contributed by atoms with van der Waals surface area (Å²) < 4.78 is 0. The Morgan fingerprint density at radius 1 is 0.900 bits per heavy atom. The first kappa shape index (κ1) is 25.1. The van der Waals surface area contributed by atoms with Crippen molar-refractivity contribution in [2.24, 2.45) is 5.92 Å². The maximum absolute atomic E-state index is 6.05. The first-order chi connectivity index (χ1) is 14.5. The average molecular weight is 432 g/mol. The number of rotatable bonds is 0. The van der Waals surface area contributed by atoms with Crippen LogP contribution in [0.1, 0.15) is 86.1 Å². The highest BCUT2D eigenvalue weighted by Crippen LogP contribution is 2.54. The van der Waals surface area contributed by atoms with Crippen LogP contribution in [0.25, 0.3) is 0 Å². The number of hydrogen-bond donors (Lipinski definition) is 0. The maximum Gasteiger partial charge on any atom is 0.176 e. The smallest absolute Gasteiger partial charge is 0.176 e. The van der Waals surface area contributed by atoms with E-state index in [1.807, 2.05) is 41.5 Å². The van der Waals surface area contributed by atoms with E-state index in [2.05, 4.69) is 59.9 Å². The van der Waals surface area contributed by atoms with Crippen LogP contribution in [-0.4, -0.2) is 52.7 Å². The normalized spacial score (nSPS) is 30.2. The Labute approximate surface area is 191 Å². The summed E-state index contributed by atoms with van der Waals surface area (Å²) in [5.41, 5.74) is 3.01. The van der Waals surface area contributed by atoms with Gasteiger partial charge < -0.3 is 9.80 Å². The molecule has 3 fully saturated rings. The third kappa shape index (κ3) is 3.79. The molecule has 0 N–H and O–H groups in total. The van der Waals surface area contributed by atoms with Crippen LogP contribution in [0.3, 0.4) is 0 Å². The van der Waals surface area contributed by atoms with E-state index in [4.69, 9.17) is 12.2 Å². The van der Waals surface area contributed by atoms with Crippen molar-refractivity contribution in [2.75, 3.05) is 25.0 Å². The van der Waals surface area contributed by atoms with Crippen LogP contribution in [-0.2, 0) is 0 Å². The van der Waals surface area contributed by atoms with Crippen molar-refractivity contribution in [3.05, 3.63) is 29.8 Å². The van der Waals surface area contributed by atoms with Gasteiger partial charge in [0.1, 0.15) is 0 Å². The lowest BCUT2D eigenvalue weighted by Gasteiger charge is -2.53. The Morgan fingerprint density at radius 3 is 2.20 bits per heavy atom. The largest absolute Gasteiger partial charge is 0.346 e. The summed E-state index contributed by atoms with van der Waals surface area (Å²) in [6.07, 6.45) is 3.93. The van der Waals surface area contributed by atoms with Crippen molar-refractivity contribution < 1.29 is 0 Å². The predicted octanol–water partition coefficient (Wildman–Crippen LogP) is 6.53. The molecule has 3 saturated heterocycles. The number of anilines is 1. The highest BCUT2D eigenvalue weighted by Gasteiger charge is 2.58. The summed E-state index contributed by atoms with van der Waals surface area (Å²) in [6.45, 7) is 19.3. The van der Waals surface area contributed by atoms with Crippen molar-refractivity contribution in [1.29, 1.82) is 0 Å². The zero-order chi connectivity index (χ0) is 22.6. The summed E-state index contributed by atoms with van der Waals surface area (Å²) >= 11 is 6.05. The number of hydrogen-bond acceptors (Lipinski definition) is 2. The Bertz CT molecular complexity index is 701. The molecule has 30 heavy (non-hydrogen) atoms. The fourth-order valence-corrected chi connectivity index (χ4v) is 6.48. The Kier molecular flexibility index (Phi) is 8.76. The Morgan fingerprint density at radius 2 is 1.53 bits per heavy atom. The molecule has 4 heteroatoms. The third-order valence-corrected chi connectivity index (χ3v) is 7.91. The van der Waals surface area contributed by atoms with Crippen LogP contribution in [0.4, 0.5) is 5.69 Å². The monoisotopic (exact) mass is 431 g/mol. The highest BCUT2D eigenvalue weighted by atomic mass is 32.1. The van der Waals surface area contributed by atoms with Gasteiger partial charge in [0.2, 0.25) is 0 Å². The van der Waals surface area contributed by atoms with Gasteiger partial charge in [-0.25, -0.2) is 0 Å². The fourth-order valence-electron chi connectivity index (χ4n) is 6.03. The lowest BCUT2D eigenvalue weighted by molar-refractivity contribution is -0.00650. The van der Waals surface area contributed by atoms with Crippen molar-refractivity contribution in [3.8, 4) is 0 Å². The van der Waals surface area contributed by atoms with Gasteiger partial charge in [0.25, 0.3) is 0 Å². The third-order valence-electron chi connectivity index (χ3n) is 7.44. The van der Waals surface area contributed by atoms with E-state index >= 15 is 0 Å². The first-order valence-electron chi connectivity index (χ1n) is 12.4. The molecular weight excluding hydrogens is 386 g/mol. The first-order valence-corrected chi connectivity index (χ1v) is 12.8. The van der Waals surface area contributed by atoms with E-state index in [1.54, 1.807) is 0 Å². The van der Waals surface area contributed by atoms with Gasteiger partial charge in [-0.05, 0) is 76.0 Å². The fraction of sp³-hybridized carbons (Fsp3) is 0.731. The quantitative estimate of drug-likeness (QED) is 0.432. The standard InChI is InChI=1S/C20H27N3S.3C2H6/c1-20(2)15-8-6-11-22-12-10-14-13-7-4-5-9-16(13)23(17(14)18(15)22)19(24)21(20)3;3*1-2/h4-5,7,9,14-15,17-18H,6,8,10-12H2,1-3H3;3*1-2H3. The summed E-state index contributed by atoms with van der Waals surface area (Å²) in [4.78, 5) is 7.71. The minimum Gasteiger partial charge on any atom is -0.346 e. The van der Waals surface area contributed by atoms with Crippen molar-refractivity contribution in [1.82, 2.24) is 9.80 Å². The van der Waals surface area contributed by atoms with Crippen molar-refractivity contribution in [2.45, 2.75) is 98.2 Å². The molecule has 0 aliphatic carbocycles. The van der Waals surface area contributed by atoms with E-state index in [9.17, 15) is 0 Å². The molecule has 0 spiro atoms. The molecule has 4 atom stereocenters. The molecule has 4 aliphatic heterocycles. The maximum atomic E-state index is 6.05. The van der Waals surface area contributed by atoms with Crippen LogP contribution in [0.2, 0.25) is 0 Å². The van der Waals surface area contributed by atoms with Gasteiger partial charge >= 0.3 is 0 Å². The molecule has 4 heterocycles. The van der Waals surface area contributed by atoms with E-state index in [0.29, 0.717) is 23.9 Å². The lowest BCUT2D eigenvalue weighted by atomic mass is 9.69. The van der Waals surface area contributed by atoms with E-state index in [0.717, 1.165) is 5.11 Å². The molecule has 5 rings (SSSR count). The molecule has 0 saturated carbocycles. The van der Waals surface area contributed by atoms with Crippen LogP contribution in [0, 0.1) is 5.92 Å². The zero-order valence-corrected chi connectivity index (χ0v) is 21.7. The molecule has 4 aliphatic rings. The SMILES string of the molecule is CC.CC.CC.CN1C(=S)N2c3ccccc3C3CCN4CCCC(C4C32)C1(C)C. The van der Waals surface area contributed by atoms with Crippen LogP contribution in [0.15, 0.2) is 24.3 Å². The van der Waals surface area contributed by atoms with Crippen LogP contribution < -0.4 is 4.90 Å². The van der Waals surface area contributed by atoms with E-state index in [1.165, 1.54) is 43.6 Å². The minimum absolute atomic E-state index is 0.113. The molecule has 3 nitrogen and oxygen atoms in total. The predicted molar refractivity (Wildman–Crippen MR) is 137 cm³/mol. The summed E-state index contributed by atoms with van der Waals surface area (Å²) in [7, 11) is 2.22. The highest BCUT2D eigenvalue weighted by molar-refractivity contribution is 7.80. The van der Waals surface area contributed by atoms with Crippen molar-refractivity contribution in [3.63, 3.8) is 0 Å². The van der Waals surface area contributed by atoms with Gasteiger partial charge in [-0.15, -0.1) is 0 Å². The number of para-hydroxylation sites is 1. The molecule has 1 aromatic rings. The number of benzene rings is 1. The molecule has 170 valence electrons. The van der Waals surface area contributed by atoms with Gasteiger partial charge in [0, 0.05) is 30.2 Å². The van der Waals surface area contributed by atoms with Gasteiger partial charge in [-0.3, -0.25) is 4.90 Å². The summed E-state index contributed by atoms with van der Waals surface area (Å²) in [5, 5.41) is 1.02. The number of piperidine rings is 2. The number of fused-ring (bicyclic) bond motifs is 3. The van der Waals surface area contributed by atoms with Gasteiger partial charge in [0.05, 0.1) is 6.04 Å². The number of thiocarbonyl (C=S) groups is 1. The molecule has 0 bridgehead atoms. The molecule has 4 unspecified atom stereocenters. The van der Waals surface area contributed by atoms with Gasteiger partial charge in [0.15, 0.2) is 5.11 Å². The second-order valence-electron chi connectivity index (χ2n) is 8.59. The lowest BCUT2D eigenvalue weighted by Crippen LogP contribution is -2.62. The van der Waals surface area contributed by atoms with E-state index in [-0.39, 0.29) is 5.54 Å². The second-order valence-corrected chi connectivity index (χ2v) is 8.95. The van der Waals surface area contributed by atoms with Crippen LogP contribution >= 0.6 is 12.2 Å². The average Bonchev–Trinajstić information content (AvgIpc) is 3.13. The molecular formula is C26H45N3S. The van der Waals surface area contributed by atoms with Gasteiger partial charge in [-0.2, -0.15) is 0 Å². The Balaban J connectivity index is 0.000000493. The van der Waals surface area contributed by atoms with Crippen LogP contribution in [0.5, 0.6) is 0 Å². The molecule has 0 radical (unpaired) electrons. The minimum atomic E-state index is 0.113. The molecule has 1 aromatic carbocycles. The molecule has 0 amide bonds. The number of nitrogens with zero attached hydrogens (tertiary/aromatic N) is 3. The van der Waals surface area contributed by atoms with Gasteiger partial charge in [-0.1, -0.05) is 59.7 Å². The van der Waals surface area contributed by atoms with E-state index < -0.39 is 0 Å². The summed E-state index contributed by atoms with van der Waals surface area (Å²) in [6, 6.07) is 10.2. The zero-order valence-electron chi connectivity index (χ0n) is 20.9.